The Labute approximate surface area is 108 Å². The largest absolute Gasteiger partial charge is 0.368 e. The van der Waals surface area contributed by atoms with Crippen molar-refractivity contribution in [1.82, 2.24) is 0 Å². The van der Waals surface area contributed by atoms with Crippen LogP contribution in [-0.4, -0.2) is 15.4 Å². The smallest absolute Gasteiger partial charge is 0.186 e. The maximum Gasteiger partial charge on any atom is 0.186 e. The van der Waals surface area contributed by atoms with Crippen LogP contribution in [0.4, 0.5) is 0 Å². The van der Waals surface area contributed by atoms with E-state index in [4.69, 9.17) is 4.74 Å². The van der Waals surface area contributed by atoms with Crippen LogP contribution in [0, 0.1) is 0 Å². The lowest BCUT2D eigenvalue weighted by molar-refractivity contribution is 0.413. The predicted molar refractivity (Wildman–Crippen MR) is 69.6 cm³/mol. The molecule has 0 bridgehead atoms. The Bertz CT molecular complexity index is 591. The van der Waals surface area contributed by atoms with E-state index in [0.717, 1.165) is 16.7 Å². The van der Waals surface area contributed by atoms with Crippen molar-refractivity contribution in [1.29, 1.82) is 0 Å². The second kappa shape index (κ2) is 4.65. The van der Waals surface area contributed by atoms with Crippen molar-refractivity contribution in [2.75, 3.05) is 6.61 Å². The molecule has 0 radical (unpaired) electrons. The van der Waals surface area contributed by atoms with Crippen LogP contribution in [0.3, 0.4) is 0 Å². The van der Waals surface area contributed by atoms with Crippen LogP contribution >= 0.6 is 0 Å². The summed E-state index contributed by atoms with van der Waals surface area (Å²) in [6, 6.07) is 15.3. The summed E-state index contributed by atoms with van der Waals surface area (Å²) in [5.74, 6) is 0. The molecule has 18 heavy (non-hydrogen) atoms. The molecule has 92 valence electrons. The van der Waals surface area contributed by atoms with Gasteiger partial charge in [0.15, 0.2) is 11.1 Å². The number of hydrogen-bond donors (Lipinski definition) is 1. The van der Waals surface area contributed by atoms with E-state index >= 15 is 0 Å². The average molecular weight is 260 g/mol. The van der Waals surface area contributed by atoms with Crippen molar-refractivity contribution >= 4 is 11.1 Å². The van der Waals surface area contributed by atoms with Gasteiger partial charge >= 0.3 is 0 Å². The van der Waals surface area contributed by atoms with Crippen molar-refractivity contribution in [2.45, 2.75) is 11.0 Å². The van der Waals surface area contributed by atoms with Crippen molar-refractivity contribution in [3.63, 3.8) is 0 Å². The number of benzene rings is 2. The molecule has 1 heterocycles. The van der Waals surface area contributed by atoms with Crippen molar-refractivity contribution in [3.8, 4) is 11.1 Å². The number of rotatable bonds is 3. The van der Waals surface area contributed by atoms with Gasteiger partial charge in [0.2, 0.25) is 0 Å². The van der Waals surface area contributed by atoms with Gasteiger partial charge in [0, 0.05) is 5.56 Å². The molecule has 0 saturated carbocycles. The standard InChI is InChI=1S/C14H12O3S/c15-18(16)13-8-4-7-11(14(13)12-9-17-12)10-5-2-1-3-6-10/h1-8,12H,9H2,(H,15,16). The van der Waals surface area contributed by atoms with Crippen LogP contribution in [0.2, 0.25) is 0 Å². The number of epoxide rings is 1. The molecule has 2 aromatic carbocycles. The lowest BCUT2D eigenvalue weighted by Crippen LogP contribution is -1.98. The summed E-state index contributed by atoms with van der Waals surface area (Å²) in [7, 11) is 0. The van der Waals surface area contributed by atoms with Gasteiger partial charge in [-0.3, -0.25) is 0 Å². The Morgan fingerprint density at radius 3 is 2.44 bits per heavy atom. The quantitative estimate of drug-likeness (QED) is 0.681. The minimum atomic E-state index is -1.99. The van der Waals surface area contributed by atoms with Gasteiger partial charge in [0.1, 0.15) is 6.10 Å². The van der Waals surface area contributed by atoms with E-state index in [0.29, 0.717) is 11.5 Å². The molecular formula is C14H12O3S. The minimum Gasteiger partial charge on any atom is -0.368 e. The van der Waals surface area contributed by atoms with Gasteiger partial charge in [0.05, 0.1) is 11.5 Å². The van der Waals surface area contributed by atoms with Gasteiger partial charge in [-0.1, -0.05) is 42.5 Å². The molecule has 3 rings (SSSR count). The molecule has 2 atom stereocenters. The third-order valence-electron chi connectivity index (χ3n) is 2.99. The summed E-state index contributed by atoms with van der Waals surface area (Å²) in [6.45, 7) is 0.619. The van der Waals surface area contributed by atoms with Crippen LogP contribution < -0.4 is 0 Å². The fourth-order valence-electron chi connectivity index (χ4n) is 2.11. The van der Waals surface area contributed by atoms with Crippen LogP contribution in [0.15, 0.2) is 53.4 Å². The molecule has 2 aromatic rings. The van der Waals surface area contributed by atoms with E-state index in [1.807, 2.05) is 36.4 Å². The summed E-state index contributed by atoms with van der Waals surface area (Å²) >= 11 is -1.99. The summed E-state index contributed by atoms with van der Waals surface area (Å²) in [5.41, 5.74) is 2.85. The zero-order valence-corrected chi connectivity index (χ0v) is 10.4. The Morgan fingerprint density at radius 2 is 1.83 bits per heavy atom. The first-order valence-electron chi connectivity index (χ1n) is 5.68. The second-order valence-electron chi connectivity index (χ2n) is 4.15. The van der Waals surface area contributed by atoms with E-state index in [9.17, 15) is 8.76 Å². The first kappa shape index (κ1) is 11.6. The van der Waals surface area contributed by atoms with Crippen LogP contribution in [-0.2, 0) is 15.8 Å². The van der Waals surface area contributed by atoms with Crippen LogP contribution in [0.1, 0.15) is 11.7 Å². The number of ether oxygens (including phenoxy) is 1. The highest BCUT2D eigenvalue weighted by Crippen LogP contribution is 2.40. The zero-order chi connectivity index (χ0) is 12.5. The van der Waals surface area contributed by atoms with Gasteiger partial charge in [-0.25, -0.2) is 4.21 Å². The summed E-state index contributed by atoms with van der Waals surface area (Å²) in [5, 5.41) is 0. The molecule has 0 amide bonds. The molecular weight excluding hydrogens is 248 g/mol. The predicted octanol–water partition coefficient (Wildman–Crippen LogP) is 3.01. The Kier molecular flexibility index (Phi) is 2.99. The molecule has 1 aliphatic rings. The van der Waals surface area contributed by atoms with E-state index in [1.54, 1.807) is 12.1 Å². The van der Waals surface area contributed by atoms with E-state index in [-0.39, 0.29) is 6.10 Å². The van der Waals surface area contributed by atoms with Gasteiger partial charge in [-0.05, 0) is 17.2 Å². The highest BCUT2D eigenvalue weighted by molar-refractivity contribution is 7.79. The molecule has 1 fully saturated rings. The van der Waals surface area contributed by atoms with Gasteiger partial charge < -0.3 is 9.29 Å². The maximum absolute atomic E-state index is 11.4. The fraction of sp³-hybridized carbons (Fsp3) is 0.143. The van der Waals surface area contributed by atoms with E-state index in [1.165, 1.54) is 0 Å². The van der Waals surface area contributed by atoms with Gasteiger partial charge in [-0.15, -0.1) is 0 Å². The van der Waals surface area contributed by atoms with Crippen LogP contribution in [0.25, 0.3) is 11.1 Å². The topological polar surface area (TPSA) is 49.8 Å². The average Bonchev–Trinajstić information content (AvgIpc) is 3.23. The van der Waals surface area contributed by atoms with Crippen molar-refractivity contribution in [2.24, 2.45) is 0 Å². The molecule has 2 unspecified atom stereocenters. The Morgan fingerprint density at radius 1 is 1.11 bits per heavy atom. The first-order valence-corrected chi connectivity index (χ1v) is 6.79. The Balaban J connectivity index is 2.20. The second-order valence-corrected chi connectivity index (χ2v) is 5.09. The fourth-order valence-corrected chi connectivity index (χ4v) is 2.74. The SMILES string of the molecule is O=S(O)c1cccc(-c2ccccc2)c1C1CO1. The van der Waals surface area contributed by atoms with Crippen molar-refractivity contribution < 1.29 is 13.5 Å². The molecule has 0 aromatic heterocycles. The molecule has 1 saturated heterocycles. The van der Waals surface area contributed by atoms with Gasteiger partial charge in [0.25, 0.3) is 0 Å². The molecule has 3 nitrogen and oxygen atoms in total. The third-order valence-corrected chi connectivity index (χ3v) is 3.73. The molecule has 4 heteroatoms. The summed E-state index contributed by atoms with van der Waals surface area (Å²) in [4.78, 5) is 0.443. The summed E-state index contributed by atoms with van der Waals surface area (Å²) in [6.07, 6.45) is -0.0486. The van der Waals surface area contributed by atoms with E-state index in [2.05, 4.69) is 0 Å². The zero-order valence-electron chi connectivity index (χ0n) is 9.58. The third kappa shape index (κ3) is 2.10. The minimum absolute atomic E-state index is 0.0486. The lowest BCUT2D eigenvalue weighted by atomic mass is 9.98. The first-order chi connectivity index (χ1) is 8.77. The molecule has 0 spiro atoms. The molecule has 1 N–H and O–H groups in total. The van der Waals surface area contributed by atoms with Crippen molar-refractivity contribution in [3.05, 3.63) is 54.1 Å². The van der Waals surface area contributed by atoms with Crippen LogP contribution in [0.5, 0.6) is 0 Å². The highest BCUT2D eigenvalue weighted by atomic mass is 32.2. The van der Waals surface area contributed by atoms with Gasteiger partial charge in [-0.2, -0.15) is 0 Å². The van der Waals surface area contributed by atoms with E-state index < -0.39 is 11.1 Å². The monoisotopic (exact) mass is 260 g/mol. The highest BCUT2D eigenvalue weighted by Gasteiger charge is 2.31. The maximum atomic E-state index is 11.4. The Hall–Kier alpha value is -1.49. The number of hydrogen-bond acceptors (Lipinski definition) is 2. The normalized spacial score (nSPS) is 19.5. The molecule has 1 aliphatic heterocycles. The summed E-state index contributed by atoms with van der Waals surface area (Å²) < 4.78 is 26.1. The lowest BCUT2D eigenvalue weighted by Gasteiger charge is -2.11. The molecule has 0 aliphatic carbocycles.